The van der Waals surface area contributed by atoms with Gasteiger partial charge in [-0.05, 0) is 53.8 Å². The van der Waals surface area contributed by atoms with Gasteiger partial charge in [-0.25, -0.2) is 4.79 Å². The van der Waals surface area contributed by atoms with E-state index in [-0.39, 0.29) is 6.04 Å². The summed E-state index contributed by atoms with van der Waals surface area (Å²) in [6.45, 7) is 2.21. The van der Waals surface area contributed by atoms with Gasteiger partial charge in [0.15, 0.2) is 0 Å². The highest BCUT2D eigenvalue weighted by atomic mass is 16.5. The van der Waals surface area contributed by atoms with E-state index in [4.69, 9.17) is 9.84 Å². The molecule has 1 aliphatic rings. The summed E-state index contributed by atoms with van der Waals surface area (Å²) in [5.41, 5.74) is 4.29. The number of fused-ring (bicyclic) bond motifs is 1. The first-order valence-corrected chi connectivity index (χ1v) is 9.13. The summed E-state index contributed by atoms with van der Waals surface area (Å²) in [6, 6.07) is 14.4. The van der Waals surface area contributed by atoms with Crippen LogP contribution in [0.1, 0.15) is 48.9 Å². The number of benzene rings is 2. The van der Waals surface area contributed by atoms with Gasteiger partial charge in [0.2, 0.25) is 0 Å². The van der Waals surface area contributed by atoms with Crippen LogP contribution in [0.4, 0.5) is 10.5 Å². The lowest BCUT2D eigenvalue weighted by Crippen LogP contribution is -2.39. The van der Waals surface area contributed by atoms with Gasteiger partial charge in [0.25, 0.3) is 0 Å². The van der Waals surface area contributed by atoms with Gasteiger partial charge in [-0.2, -0.15) is 0 Å². The molecule has 5 nitrogen and oxygen atoms in total. The van der Waals surface area contributed by atoms with E-state index >= 15 is 0 Å². The van der Waals surface area contributed by atoms with Crippen LogP contribution in [0.5, 0.6) is 5.75 Å². The SMILES string of the molecule is CCCC[C@H]1Cc2cc(OC)ccc2[C@H](c2ccc(NC(=O)O)cc2)N1. The molecule has 0 bridgehead atoms. The summed E-state index contributed by atoms with van der Waals surface area (Å²) < 4.78 is 5.41. The number of nitrogens with one attached hydrogen (secondary N) is 2. The lowest BCUT2D eigenvalue weighted by Gasteiger charge is -2.34. The fraction of sp³-hybridized carbons (Fsp3) is 0.381. The molecule has 2 aromatic carbocycles. The summed E-state index contributed by atoms with van der Waals surface area (Å²) in [5, 5.41) is 15.0. The molecule has 0 radical (unpaired) electrons. The second-order valence-corrected chi connectivity index (χ2v) is 6.76. The molecule has 2 aromatic rings. The number of amides is 1. The molecule has 3 N–H and O–H groups in total. The third-order valence-electron chi connectivity index (χ3n) is 4.93. The number of hydrogen-bond acceptors (Lipinski definition) is 3. The number of carboxylic acid groups (broad SMARTS) is 1. The van der Waals surface area contributed by atoms with Crippen molar-refractivity contribution in [2.24, 2.45) is 0 Å². The van der Waals surface area contributed by atoms with Gasteiger partial charge in [0.1, 0.15) is 5.75 Å². The molecule has 0 aromatic heterocycles. The van der Waals surface area contributed by atoms with E-state index in [0.717, 1.165) is 24.2 Å². The predicted octanol–water partition coefficient (Wildman–Crippen LogP) is 4.58. The minimum Gasteiger partial charge on any atom is -0.497 e. The number of carbonyl (C=O) groups is 1. The molecule has 0 saturated carbocycles. The van der Waals surface area contributed by atoms with Crippen LogP contribution in [0.15, 0.2) is 42.5 Å². The number of hydrogen-bond donors (Lipinski definition) is 3. The second-order valence-electron chi connectivity index (χ2n) is 6.76. The van der Waals surface area contributed by atoms with Crippen molar-refractivity contribution in [1.82, 2.24) is 5.32 Å². The minimum atomic E-state index is -1.05. The molecule has 3 rings (SSSR count). The standard InChI is InChI=1S/C21H26N2O3/c1-3-4-5-17-12-15-13-18(26-2)10-11-19(15)20(22-17)14-6-8-16(9-7-14)23-21(24)25/h6-11,13,17,20,22-23H,3-5,12H2,1-2H3,(H,24,25)/t17-,20-/m0/s1. The smallest absolute Gasteiger partial charge is 0.409 e. The molecule has 0 fully saturated rings. The van der Waals surface area contributed by atoms with Crippen molar-refractivity contribution in [3.05, 3.63) is 59.2 Å². The third kappa shape index (κ3) is 4.17. The predicted molar refractivity (Wildman–Crippen MR) is 103 cm³/mol. The Morgan fingerprint density at radius 2 is 2.04 bits per heavy atom. The fourth-order valence-electron chi connectivity index (χ4n) is 3.61. The number of anilines is 1. The number of unbranched alkanes of at least 4 members (excludes halogenated alkanes) is 1. The summed E-state index contributed by atoms with van der Waals surface area (Å²) >= 11 is 0. The monoisotopic (exact) mass is 354 g/mol. The highest BCUT2D eigenvalue weighted by Crippen LogP contribution is 2.34. The molecule has 138 valence electrons. The van der Waals surface area contributed by atoms with E-state index in [9.17, 15) is 4.79 Å². The van der Waals surface area contributed by atoms with Crippen LogP contribution in [0.2, 0.25) is 0 Å². The zero-order valence-corrected chi connectivity index (χ0v) is 15.3. The number of ether oxygens (including phenoxy) is 1. The van der Waals surface area contributed by atoms with Crippen LogP contribution in [-0.4, -0.2) is 24.4 Å². The van der Waals surface area contributed by atoms with Crippen molar-refractivity contribution in [2.45, 2.75) is 44.7 Å². The van der Waals surface area contributed by atoms with Crippen LogP contribution in [0.25, 0.3) is 0 Å². The zero-order valence-electron chi connectivity index (χ0n) is 15.3. The summed E-state index contributed by atoms with van der Waals surface area (Å²) in [4.78, 5) is 10.8. The van der Waals surface area contributed by atoms with Crippen molar-refractivity contribution >= 4 is 11.8 Å². The average molecular weight is 354 g/mol. The molecule has 0 saturated heterocycles. The Bertz CT molecular complexity index is 758. The van der Waals surface area contributed by atoms with Crippen LogP contribution in [-0.2, 0) is 6.42 Å². The van der Waals surface area contributed by atoms with Crippen LogP contribution in [0, 0.1) is 0 Å². The molecule has 2 atom stereocenters. The lowest BCUT2D eigenvalue weighted by atomic mass is 9.85. The minimum absolute atomic E-state index is 0.102. The van der Waals surface area contributed by atoms with Crippen LogP contribution in [0.3, 0.4) is 0 Å². The van der Waals surface area contributed by atoms with Gasteiger partial charge in [0, 0.05) is 11.7 Å². The van der Waals surface area contributed by atoms with Gasteiger partial charge in [-0.1, -0.05) is 38.0 Å². The van der Waals surface area contributed by atoms with E-state index in [1.165, 1.54) is 24.0 Å². The van der Waals surface area contributed by atoms with Gasteiger partial charge >= 0.3 is 6.09 Å². The van der Waals surface area contributed by atoms with Gasteiger partial charge < -0.3 is 15.2 Å². The van der Waals surface area contributed by atoms with E-state index in [1.807, 2.05) is 30.3 Å². The molecule has 1 heterocycles. The van der Waals surface area contributed by atoms with E-state index in [2.05, 4.69) is 29.7 Å². The quantitative estimate of drug-likeness (QED) is 0.710. The molecule has 26 heavy (non-hydrogen) atoms. The highest BCUT2D eigenvalue weighted by Gasteiger charge is 2.27. The third-order valence-corrected chi connectivity index (χ3v) is 4.93. The van der Waals surface area contributed by atoms with Crippen molar-refractivity contribution in [1.29, 1.82) is 0 Å². The molecular weight excluding hydrogens is 328 g/mol. The van der Waals surface area contributed by atoms with Crippen molar-refractivity contribution in [3.8, 4) is 5.75 Å². The Morgan fingerprint density at radius 3 is 2.69 bits per heavy atom. The lowest BCUT2D eigenvalue weighted by molar-refractivity contribution is 0.210. The second kappa shape index (κ2) is 8.23. The molecular formula is C21H26N2O3. The van der Waals surface area contributed by atoms with E-state index in [0.29, 0.717) is 11.7 Å². The Labute approximate surface area is 154 Å². The van der Waals surface area contributed by atoms with Crippen molar-refractivity contribution in [2.75, 3.05) is 12.4 Å². The Hall–Kier alpha value is -2.53. The summed E-state index contributed by atoms with van der Waals surface area (Å²) in [5.74, 6) is 0.889. The van der Waals surface area contributed by atoms with Crippen LogP contribution >= 0.6 is 0 Å². The van der Waals surface area contributed by atoms with Crippen molar-refractivity contribution in [3.63, 3.8) is 0 Å². The topological polar surface area (TPSA) is 70.6 Å². The molecule has 1 aliphatic heterocycles. The van der Waals surface area contributed by atoms with Crippen molar-refractivity contribution < 1.29 is 14.6 Å². The first-order valence-electron chi connectivity index (χ1n) is 9.13. The molecule has 0 spiro atoms. The van der Waals surface area contributed by atoms with Gasteiger partial charge in [-0.15, -0.1) is 0 Å². The summed E-state index contributed by atoms with van der Waals surface area (Å²) in [6.07, 6.45) is 3.48. The van der Waals surface area contributed by atoms with E-state index in [1.54, 1.807) is 7.11 Å². The normalized spacial score (nSPS) is 18.8. The van der Waals surface area contributed by atoms with Gasteiger partial charge in [-0.3, -0.25) is 5.32 Å². The maximum Gasteiger partial charge on any atom is 0.409 e. The molecule has 5 heteroatoms. The summed E-state index contributed by atoms with van der Waals surface area (Å²) in [7, 11) is 1.70. The number of rotatable bonds is 6. The molecule has 0 unspecified atom stereocenters. The first-order chi connectivity index (χ1) is 12.6. The maximum absolute atomic E-state index is 10.8. The maximum atomic E-state index is 10.8. The average Bonchev–Trinajstić information content (AvgIpc) is 2.65. The van der Waals surface area contributed by atoms with Gasteiger partial charge in [0.05, 0.1) is 13.2 Å². The van der Waals surface area contributed by atoms with E-state index < -0.39 is 6.09 Å². The highest BCUT2D eigenvalue weighted by molar-refractivity contribution is 5.82. The number of methoxy groups -OCH3 is 1. The molecule has 1 amide bonds. The molecule has 0 aliphatic carbocycles. The largest absolute Gasteiger partial charge is 0.497 e. The Kier molecular flexibility index (Phi) is 5.78. The van der Waals surface area contributed by atoms with Crippen LogP contribution < -0.4 is 15.4 Å². The first kappa shape index (κ1) is 18.3. The Balaban J connectivity index is 1.90. The Morgan fingerprint density at radius 1 is 1.27 bits per heavy atom. The zero-order chi connectivity index (χ0) is 18.5. The fourth-order valence-corrected chi connectivity index (χ4v) is 3.61.